The minimum atomic E-state index is 0.172. The van der Waals surface area contributed by atoms with Gasteiger partial charge in [-0.2, -0.15) is 0 Å². The molecule has 3 heteroatoms. The second kappa shape index (κ2) is 5.42. The number of piperidine rings is 1. The van der Waals surface area contributed by atoms with Crippen LogP contribution in [0, 0.1) is 0 Å². The molecular formula is C15H22N2O. The summed E-state index contributed by atoms with van der Waals surface area (Å²) in [5.41, 5.74) is 1.88. The summed E-state index contributed by atoms with van der Waals surface area (Å²) in [5, 5.41) is 0. The van der Waals surface area contributed by atoms with Crippen molar-refractivity contribution in [2.24, 2.45) is 0 Å². The van der Waals surface area contributed by atoms with Crippen LogP contribution in [0.5, 0.6) is 0 Å². The number of hydrogen-bond donors (Lipinski definition) is 0. The average molecular weight is 246 g/mol. The summed E-state index contributed by atoms with van der Waals surface area (Å²) >= 11 is 0. The molecule has 1 unspecified atom stereocenters. The minimum absolute atomic E-state index is 0.172. The van der Waals surface area contributed by atoms with E-state index in [9.17, 15) is 4.79 Å². The molecule has 0 aromatic heterocycles. The van der Waals surface area contributed by atoms with Crippen LogP contribution >= 0.6 is 0 Å². The molecule has 0 spiro atoms. The first-order chi connectivity index (χ1) is 8.59. The van der Waals surface area contributed by atoms with E-state index in [1.165, 1.54) is 6.42 Å². The van der Waals surface area contributed by atoms with E-state index < -0.39 is 0 Å². The Morgan fingerprint density at radius 1 is 1.33 bits per heavy atom. The van der Waals surface area contributed by atoms with Gasteiger partial charge in [-0.1, -0.05) is 6.07 Å². The van der Waals surface area contributed by atoms with Gasteiger partial charge in [-0.15, -0.1) is 0 Å². The summed E-state index contributed by atoms with van der Waals surface area (Å²) in [4.78, 5) is 16.5. The lowest BCUT2D eigenvalue weighted by Gasteiger charge is -2.33. The first kappa shape index (κ1) is 12.9. The zero-order valence-corrected chi connectivity index (χ0v) is 11.5. The molecule has 1 aromatic rings. The number of benzene rings is 1. The summed E-state index contributed by atoms with van der Waals surface area (Å²) in [7, 11) is 3.99. The summed E-state index contributed by atoms with van der Waals surface area (Å²) in [6, 6.07) is 8.24. The van der Waals surface area contributed by atoms with Crippen molar-refractivity contribution in [1.29, 1.82) is 0 Å². The fourth-order valence-corrected chi connectivity index (χ4v) is 2.48. The summed E-state index contributed by atoms with van der Waals surface area (Å²) in [6.07, 6.45) is 3.49. The molecule has 1 aliphatic heterocycles. The van der Waals surface area contributed by atoms with Crippen molar-refractivity contribution in [3.05, 3.63) is 29.8 Å². The molecule has 1 aromatic carbocycles. The van der Waals surface area contributed by atoms with Gasteiger partial charge in [-0.05, 0) is 44.4 Å². The second-order valence-corrected chi connectivity index (χ2v) is 5.29. The molecule has 1 amide bonds. The number of likely N-dealkylation sites (tertiary alicyclic amines) is 1. The van der Waals surface area contributed by atoms with E-state index in [0.29, 0.717) is 6.04 Å². The van der Waals surface area contributed by atoms with Gasteiger partial charge >= 0.3 is 0 Å². The van der Waals surface area contributed by atoms with E-state index in [2.05, 4.69) is 6.92 Å². The number of nitrogens with zero attached hydrogens (tertiary/aromatic N) is 2. The third-order valence-corrected chi connectivity index (χ3v) is 3.67. The molecule has 0 aliphatic carbocycles. The highest BCUT2D eigenvalue weighted by molar-refractivity contribution is 5.95. The van der Waals surface area contributed by atoms with Crippen molar-refractivity contribution in [3.63, 3.8) is 0 Å². The molecule has 0 radical (unpaired) electrons. The quantitative estimate of drug-likeness (QED) is 0.801. The molecule has 1 aliphatic rings. The van der Waals surface area contributed by atoms with Crippen LogP contribution in [-0.4, -0.2) is 37.5 Å². The molecule has 1 saturated heterocycles. The highest BCUT2D eigenvalue weighted by Crippen LogP contribution is 2.21. The van der Waals surface area contributed by atoms with Crippen LogP contribution in [-0.2, 0) is 0 Å². The maximum atomic E-state index is 12.5. The molecule has 0 bridgehead atoms. The first-order valence-corrected chi connectivity index (χ1v) is 6.68. The molecule has 98 valence electrons. The highest BCUT2D eigenvalue weighted by atomic mass is 16.2. The molecule has 1 heterocycles. The van der Waals surface area contributed by atoms with Gasteiger partial charge in [0.1, 0.15) is 0 Å². The van der Waals surface area contributed by atoms with Gasteiger partial charge in [0.15, 0.2) is 0 Å². The number of hydrogen-bond acceptors (Lipinski definition) is 2. The molecular weight excluding hydrogens is 224 g/mol. The SMILES string of the molecule is CC1CCCCN1C(=O)c1cccc(N(C)C)c1. The fourth-order valence-electron chi connectivity index (χ4n) is 2.48. The third kappa shape index (κ3) is 2.66. The van der Waals surface area contributed by atoms with Crippen LogP contribution in [0.3, 0.4) is 0 Å². The van der Waals surface area contributed by atoms with Crippen molar-refractivity contribution in [2.45, 2.75) is 32.2 Å². The molecule has 1 atom stereocenters. The van der Waals surface area contributed by atoms with Crippen molar-refractivity contribution in [3.8, 4) is 0 Å². The molecule has 2 rings (SSSR count). The predicted molar refractivity (Wildman–Crippen MR) is 75.1 cm³/mol. The van der Waals surface area contributed by atoms with Crippen molar-refractivity contribution >= 4 is 11.6 Å². The van der Waals surface area contributed by atoms with Crippen LogP contribution in [0.15, 0.2) is 24.3 Å². The van der Waals surface area contributed by atoms with E-state index in [1.54, 1.807) is 0 Å². The van der Waals surface area contributed by atoms with Crippen molar-refractivity contribution in [2.75, 3.05) is 25.5 Å². The summed E-state index contributed by atoms with van der Waals surface area (Å²) in [6.45, 7) is 3.04. The molecule has 0 saturated carbocycles. The van der Waals surface area contributed by atoms with Crippen LogP contribution in [0.25, 0.3) is 0 Å². The maximum Gasteiger partial charge on any atom is 0.254 e. The van der Waals surface area contributed by atoms with Crippen molar-refractivity contribution in [1.82, 2.24) is 4.90 Å². The van der Waals surface area contributed by atoms with Gasteiger partial charge in [0.25, 0.3) is 5.91 Å². The summed E-state index contributed by atoms with van der Waals surface area (Å²) in [5.74, 6) is 0.172. The fraction of sp³-hybridized carbons (Fsp3) is 0.533. The number of carbonyl (C=O) groups excluding carboxylic acids is 1. The Hall–Kier alpha value is -1.51. The zero-order valence-electron chi connectivity index (χ0n) is 11.5. The Labute approximate surface area is 109 Å². The van der Waals surface area contributed by atoms with E-state index in [-0.39, 0.29) is 5.91 Å². The average Bonchev–Trinajstić information content (AvgIpc) is 2.38. The zero-order chi connectivity index (χ0) is 13.1. The van der Waals surface area contributed by atoms with E-state index in [0.717, 1.165) is 30.6 Å². The number of carbonyl (C=O) groups is 1. The van der Waals surface area contributed by atoms with Crippen LogP contribution in [0.2, 0.25) is 0 Å². The Morgan fingerprint density at radius 2 is 2.11 bits per heavy atom. The largest absolute Gasteiger partial charge is 0.378 e. The normalized spacial score (nSPS) is 19.7. The lowest BCUT2D eigenvalue weighted by atomic mass is 10.0. The van der Waals surface area contributed by atoms with Gasteiger partial charge in [0, 0.05) is 37.9 Å². The molecule has 3 nitrogen and oxygen atoms in total. The highest BCUT2D eigenvalue weighted by Gasteiger charge is 2.24. The Morgan fingerprint density at radius 3 is 2.78 bits per heavy atom. The molecule has 1 fully saturated rings. The second-order valence-electron chi connectivity index (χ2n) is 5.29. The van der Waals surface area contributed by atoms with E-state index >= 15 is 0 Å². The van der Waals surface area contributed by atoms with Crippen LogP contribution in [0.1, 0.15) is 36.5 Å². The first-order valence-electron chi connectivity index (χ1n) is 6.68. The topological polar surface area (TPSA) is 23.6 Å². The maximum absolute atomic E-state index is 12.5. The molecule has 0 N–H and O–H groups in total. The molecule has 18 heavy (non-hydrogen) atoms. The Bertz CT molecular complexity index is 428. The Balaban J connectivity index is 2.19. The summed E-state index contributed by atoms with van der Waals surface area (Å²) < 4.78 is 0. The third-order valence-electron chi connectivity index (χ3n) is 3.67. The minimum Gasteiger partial charge on any atom is -0.378 e. The van der Waals surface area contributed by atoms with Gasteiger partial charge in [-0.3, -0.25) is 4.79 Å². The van der Waals surface area contributed by atoms with E-state index in [1.807, 2.05) is 48.2 Å². The van der Waals surface area contributed by atoms with Gasteiger partial charge in [0.05, 0.1) is 0 Å². The Kier molecular flexibility index (Phi) is 3.90. The lowest BCUT2D eigenvalue weighted by Crippen LogP contribution is -2.42. The van der Waals surface area contributed by atoms with Gasteiger partial charge in [-0.25, -0.2) is 0 Å². The smallest absolute Gasteiger partial charge is 0.254 e. The van der Waals surface area contributed by atoms with Crippen LogP contribution in [0.4, 0.5) is 5.69 Å². The monoisotopic (exact) mass is 246 g/mol. The van der Waals surface area contributed by atoms with Gasteiger partial charge in [0.2, 0.25) is 0 Å². The number of rotatable bonds is 2. The van der Waals surface area contributed by atoms with Gasteiger partial charge < -0.3 is 9.80 Å². The standard InChI is InChI=1S/C15H22N2O/c1-12-7-4-5-10-17(12)15(18)13-8-6-9-14(11-13)16(2)3/h6,8-9,11-12H,4-5,7,10H2,1-3H3. The van der Waals surface area contributed by atoms with E-state index in [4.69, 9.17) is 0 Å². The number of amides is 1. The van der Waals surface area contributed by atoms with Crippen LogP contribution < -0.4 is 4.90 Å². The lowest BCUT2D eigenvalue weighted by molar-refractivity contribution is 0.0635. The predicted octanol–water partition coefficient (Wildman–Crippen LogP) is 2.77. The van der Waals surface area contributed by atoms with Crippen molar-refractivity contribution < 1.29 is 4.79 Å². The number of anilines is 1.